The Morgan fingerprint density at radius 2 is 1.79 bits per heavy atom. The third-order valence-electron chi connectivity index (χ3n) is 14.3. The van der Waals surface area contributed by atoms with E-state index < -0.39 is 34.2 Å². The van der Waals surface area contributed by atoms with Crippen molar-refractivity contribution < 1.29 is 42.9 Å². The van der Waals surface area contributed by atoms with E-state index in [2.05, 4.69) is 11.8 Å². The average molecular weight is 665 g/mol. The Labute approximate surface area is 281 Å². The van der Waals surface area contributed by atoms with E-state index >= 15 is 4.79 Å². The van der Waals surface area contributed by atoms with Crippen molar-refractivity contribution in [3.63, 3.8) is 0 Å². The van der Waals surface area contributed by atoms with Crippen LogP contribution in [0.3, 0.4) is 0 Å². The number of likely N-dealkylation sites (tertiary alicyclic amines) is 1. The fourth-order valence-corrected chi connectivity index (χ4v) is 13.1. The number of hydrogen-bond donors (Lipinski definition) is 0. The third-order valence-corrected chi connectivity index (χ3v) is 14.3. The van der Waals surface area contributed by atoms with Crippen molar-refractivity contribution in [2.75, 3.05) is 53.0 Å². The lowest BCUT2D eigenvalue weighted by atomic mass is 9.39. The zero-order chi connectivity index (χ0) is 33.9. The summed E-state index contributed by atoms with van der Waals surface area (Å²) in [6, 6.07) is 6.58. The summed E-state index contributed by atoms with van der Waals surface area (Å²) >= 11 is 0. The van der Waals surface area contributed by atoms with Crippen molar-refractivity contribution in [3.8, 4) is 0 Å². The fraction of sp³-hybridized carbons (Fsp3) is 0.730. The van der Waals surface area contributed by atoms with E-state index in [1.54, 1.807) is 59.6 Å². The van der Waals surface area contributed by atoms with E-state index in [0.29, 0.717) is 19.4 Å². The number of esters is 1. The number of ether oxygens (including phenoxy) is 5. The number of methoxy groups -OCH3 is 4. The highest BCUT2D eigenvalue weighted by Gasteiger charge is 2.89. The number of Topliss-reactive ketones (excluding diaryl/α,β-unsaturated/α-hetero) is 1. The number of benzene rings is 1. The van der Waals surface area contributed by atoms with Gasteiger partial charge in [-0.1, -0.05) is 26.0 Å². The zero-order valence-electron chi connectivity index (χ0n) is 28.8. The number of ketones is 1. The Morgan fingerprint density at radius 1 is 1.02 bits per heavy atom. The van der Waals surface area contributed by atoms with Gasteiger partial charge < -0.3 is 23.7 Å². The van der Waals surface area contributed by atoms with Crippen molar-refractivity contribution in [2.24, 2.45) is 45.8 Å². The molecule has 48 heavy (non-hydrogen) atoms. The second-order valence-corrected chi connectivity index (χ2v) is 15.6. The van der Waals surface area contributed by atoms with Crippen LogP contribution in [0.1, 0.15) is 56.3 Å². The number of piperidine rings is 1. The van der Waals surface area contributed by atoms with Gasteiger partial charge >= 0.3 is 5.97 Å². The molecule has 5 saturated carbocycles. The van der Waals surface area contributed by atoms with Crippen molar-refractivity contribution >= 4 is 29.3 Å². The molecule has 1 aromatic carbocycles. The van der Waals surface area contributed by atoms with E-state index in [-0.39, 0.29) is 89.9 Å². The lowest BCUT2D eigenvalue weighted by molar-refractivity contribution is -0.283. The van der Waals surface area contributed by atoms with Crippen molar-refractivity contribution in [2.45, 2.75) is 76.4 Å². The summed E-state index contributed by atoms with van der Waals surface area (Å²) in [4.78, 5) is 58.7. The Bertz CT molecular complexity index is 1550. The molecule has 260 valence electrons. The zero-order valence-corrected chi connectivity index (χ0v) is 28.8. The first-order valence-corrected chi connectivity index (χ1v) is 17.6. The molecule has 0 radical (unpaired) electrons. The summed E-state index contributed by atoms with van der Waals surface area (Å²) in [5, 5.41) is 0. The summed E-state index contributed by atoms with van der Waals surface area (Å²) in [7, 11) is 6.97. The SMILES string of the molecule is CCN1C[C@]2(COC(=O)c3ccccc3N3C(=O)C[C@H](C)C3=O)CC[C@H](OC)[C@@]34[C@@H]5C[C@H]6[C@H](OC)[C@@H]5[C@](C[C@@H]6OC)(C(=O)[C@@H](OC)[C@H]23)[C@@H]14. The summed E-state index contributed by atoms with van der Waals surface area (Å²) < 4.78 is 31.6. The number of carbonyl (C=O) groups excluding carboxylic acids is 4. The molecule has 2 spiro atoms. The van der Waals surface area contributed by atoms with E-state index in [1.807, 2.05) is 0 Å². The maximum absolute atomic E-state index is 15.3. The Balaban J connectivity index is 1.22. The average Bonchev–Trinajstić information content (AvgIpc) is 3.62. The lowest BCUT2D eigenvalue weighted by Crippen LogP contribution is -2.81. The van der Waals surface area contributed by atoms with Crippen LogP contribution >= 0.6 is 0 Å². The first-order valence-electron chi connectivity index (χ1n) is 17.6. The summed E-state index contributed by atoms with van der Waals surface area (Å²) in [6.45, 7) is 5.34. The highest BCUT2D eigenvalue weighted by atomic mass is 16.5. The van der Waals surface area contributed by atoms with Gasteiger partial charge in [0.15, 0.2) is 5.78 Å². The molecule has 2 amide bonds. The first-order chi connectivity index (χ1) is 23.1. The predicted octanol–water partition coefficient (Wildman–Crippen LogP) is 3.13. The van der Waals surface area contributed by atoms with Crippen LogP contribution in [0.5, 0.6) is 0 Å². The molecule has 13 atom stereocenters. The van der Waals surface area contributed by atoms with Gasteiger partial charge in [-0.25, -0.2) is 9.69 Å². The molecular formula is C37H48N2O9. The molecule has 5 aliphatic carbocycles. The molecule has 8 rings (SSSR count). The van der Waals surface area contributed by atoms with Crippen molar-refractivity contribution in [1.29, 1.82) is 0 Å². The number of fused-ring (bicyclic) bond motifs is 1. The van der Waals surface area contributed by atoms with Gasteiger partial charge in [0.25, 0.3) is 0 Å². The quantitative estimate of drug-likeness (QED) is 0.288. The highest BCUT2D eigenvalue weighted by Crippen LogP contribution is 2.82. The van der Waals surface area contributed by atoms with Crippen LogP contribution in [0, 0.1) is 45.8 Å². The van der Waals surface area contributed by atoms with Gasteiger partial charge in [-0.2, -0.15) is 0 Å². The van der Waals surface area contributed by atoms with E-state index in [4.69, 9.17) is 23.7 Å². The maximum Gasteiger partial charge on any atom is 0.340 e. The van der Waals surface area contributed by atoms with Gasteiger partial charge in [0, 0.05) is 81.9 Å². The Hall–Kier alpha value is -2.70. The van der Waals surface area contributed by atoms with Crippen LogP contribution in [0.25, 0.3) is 0 Å². The molecular weight excluding hydrogens is 616 g/mol. The fourth-order valence-electron chi connectivity index (χ4n) is 13.1. The van der Waals surface area contributed by atoms with Crippen molar-refractivity contribution in [1.82, 2.24) is 4.90 Å². The normalized spacial score (nSPS) is 45.6. The van der Waals surface area contributed by atoms with E-state index in [9.17, 15) is 14.4 Å². The highest BCUT2D eigenvalue weighted by molar-refractivity contribution is 6.22. The number of para-hydroxylation sites is 1. The van der Waals surface area contributed by atoms with Gasteiger partial charge in [-0.15, -0.1) is 0 Å². The van der Waals surface area contributed by atoms with Crippen LogP contribution in [-0.4, -0.2) is 107 Å². The Kier molecular flexibility index (Phi) is 7.55. The lowest BCUT2D eigenvalue weighted by Gasteiger charge is -2.72. The molecule has 0 aromatic heterocycles. The molecule has 11 heteroatoms. The molecule has 1 aromatic rings. The largest absolute Gasteiger partial charge is 0.461 e. The first kappa shape index (κ1) is 32.5. The van der Waals surface area contributed by atoms with Gasteiger partial charge in [0.2, 0.25) is 11.8 Å². The smallest absolute Gasteiger partial charge is 0.340 e. The number of rotatable bonds is 9. The minimum atomic E-state index is -0.700. The number of amides is 2. The molecule has 2 heterocycles. The molecule has 7 bridgehead atoms. The van der Waals surface area contributed by atoms with E-state index in [1.165, 1.54) is 0 Å². The maximum atomic E-state index is 15.3. The standard InChI is InChI=1S/C37H48N2O9/c1-7-38-17-35(18-48-33(43)20-10-8-9-11-23(20)39-26(40)14-19(2)32(39)42)13-12-25(45-4)37-22-15-21-24(44-3)16-36(34(37)38,27(22)28(21)46-5)31(41)29(47-6)30(35)37/h8-11,19,21-22,24-25,27-30,34H,7,12-18H2,1-6H3/t19-,21+,22+,24-,25-,27+,28-,29-,30+,34+,35-,36+,37-/m0/s1. The number of hydrogen-bond acceptors (Lipinski definition) is 10. The topological polar surface area (TPSA) is 121 Å². The number of nitrogens with zero attached hydrogens (tertiary/aromatic N) is 2. The molecule has 2 aliphatic heterocycles. The second-order valence-electron chi connectivity index (χ2n) is 15.6. The minimum absolute atomic E-state index is 0.0204. The molecule has 7 aliphatic rings. The summed E-state index contributed by atoms with van der Waals surface area (Å²) in [5.74, 6) is -1.44. The third kappa shape index (κ3) is 3.72. The monoisotopic (exact) mass is 664 g/mol. The molecule has 0 unspecified atom stereocenters. The number of anilines is 1. The molecule has 11 nitrogen and oxygen atoms in total. The van der Waals surface area contributed by atoms with Crippen molar-refractivity contribution in [3.05, 3.63) is 29.8 Å². The van der Waals surface area contributed by atoms with Crippen LogP contribution < -0.4 is 4.90 Å². The van der Waals surface area contributed by atoms with Crippen LogP contribution in [0.2, 0.25) is 0 Å². The van der Waals surface area contributed by atoms with Gasteiger partial charge in [-0.05, 0) is 50.3 Å². The van der Waals surface area contributed by atoms with Crippen LogP contribution in [-0.2, 0) is 38.1 Å². The summed E-state index contributed by atoms with van der Waals surface area (Å²) in [5.41, 5.74) is -1.28. The van der Waals surface area contributed by atoms with Gasteiger partial charge in [-0.3, -0.25) is 19.3 Å². The van der Waals surface area contributed by atoms with Crippen LogP contribution in [0.4, 0.5) is 5.69 Å². The van der Waals surface area contributed by atoms with E-state index in [0.717, 1.165) is 24.3 Å². The van der Waals surface area contributed by atoms with Gasteiger partial charge in [0.1, 0.15) is 6.10 Å². The minimum Gasteiger partial charge on any atom is -0.461 e. The number of imide groups is 1. The second kappa shape index (κ2) is 11.2. The molecule has 0 N–H and O–H groups in total. The van der Waals surface area contributed by atoms with Gasteiger partial charge in [0.05, 0.1) is 41.6 Å². The molecule has 2 saturated heterocycles. The predicted molar refractivity (Wildman–Crippen MR) is 172 cm³/mol. The molecule has 7 fully saturated rings. The van der Waals surface area contributed by atoms with Crippen LogP contribution in [0.15, 0.2) is 24.3 Å². The number of carbonyl (C=O) groups is 4. The summed E-state index contributed by atoms with van der Waals surface area (Å²) in [6.07, 6.45) is 2.14. The Morgan fingerprint density at radius 3 is 2.44 bits per heavy atom.